The molecule has 1 unspecified atom stereocenters. The molecule has 0 amide bonds. The van der Waals surface area contributed by atoms with E-state index in [0.29, 0.717) is 5.57 Å². The Labute approximate surface area is 118 Å². The van der Waals surface area contributed by atoms with Crippen LogP contribution in [0.15, 0.2) is 27.9 Å². The lowest BCUT2D eigenvalue weighted by atomic mass is 9.67. The number of azide groups is 1. The van der Waals surface area contributed by atoms with Crippen LogP contribution in [-0.4, -0.2) is 22.5 Å². The van der Waals surface area contributed by atoms with Crippen molar-refractivity contribution in [1.29, 1.82) is 0 Å². The zero-order valence-electron chi connectivity index (χ0n) is 12.3. The fraction of sp³-hybridized carbons (Fsp3) is 0.667. The fourth-order valence-corrected chi connectivity index (χ4v) is 3.99. The molecule has 0 aromatic carbocycles. The molecular weight excluding hydrogens is 254 g/mol. The van der Waals surface area contributed by atoms with Crippen molar-refractivity contribution in [1.82, 2.24) is 0 Å². The molecular formula is C15H19N3O2. The van der Waals surface area contributed by atoms with Crippen molar-refractivity contribution in [3.63, 3.8) is 0 Å². The third kappa shape index (κ3) is 1.32. The van der Waals surface area contributed by atoms with Gasteiger partial charge in [-0.2, -0.15) is 0 Å². The van der Waals surface area contributed by atoms with Gasteiger partial charge in [-0.1, -0.05) is 30.6 Å². The smallest absolute Gasteiger partial charge is 0.194 e. The Morgan fingerprint density at radius 2 is 2.00 bits per heavy atom. The quantitative estimate of drug-likeness (QED) is 0.452. The molecule has 0 aliphatic heterocycles. The second-order valence-corrected chi connectivity index (χ2v) is 7.01. The van der Waals surface area contributed by atoms with E-state index in [0.717, 1.165) is 24.0 Å². The normalized spacial score (nSPS) is 36.5. The van der Waals surface area contributed by atoms with Crippen molar-refractivity contribution in [2.24, 2.45) is 15.9 Å². The Morgan fingerprint density at radius 3 is 2.50 bits per heavy atom. The predicted octanol–water partition coefficient (Wildman–Crippen LogP) is 3.06. The molecule has 1 saturated carbocycles. The van der Waals surface area contributed by atoms with Gasteiger partial charge in [0.1, 0.15) is 5.60 Å². The molecule has 0 heterocycles. The van der Waals surface area contributed by atoms with Crippen LogP contribution in [-0.2, 0) is 4.79 Å². The monoisotopic (exact) mass is 273 g/mol. The molecule has 1 N–H and O–H groups in total. The summed E-state index contributed by atoms with van der Waals surface area (Å²) in [6.45, 7) is 7.51. The summed E-state index contributed by atoms with van der Waals surface area (Å²) < 4.78 is 0. The third-order valence-electron chi connectivity index (χ3n) is 5.44. The lowest BCUT2D eigenvalue weighted by Crippen LogP contribution is -2.49. The number of carbonyl (C=O) groups is 1. The number of fused-ring (bicyclic) bond motifs is 1. The van der Waals surface area contributed by atoms with E-state index < -0.39 is 16.4 Å². The molecule has 3 aliphatic carbocycles. The maximum absolute atomic E-state index is 12.7. The minimum Gasteiger partial charge on any atom is -0.381 e. The lowest BCUT2D eigenvalue weighted by molar-refractivity contribution is -0.137. The van der Waals surface area contributed by atoms with Crippen molar-refractivity contribution in [3.8, 4) is 0 Å². The van der Waals surface area contributed by atoms with Gasteiger partial charge in [-0.25, -0.2) is 0 Å². The van der Waals surface area contributed by atoms with Gasteiger partial charge in [0.15, 0.2) is 5.78 Å². The number of hydrogen-bond acceptors (Lipinski definition) is 3. The van der Waals surface area contributed by atoms with Crippen LogP contribution in [0.5, 0.6) is 0 Å². The van der Waals surface area contributed by atoms with Crippen molar-refractivity contribution in [2.75, 3.05) is 0 Å². The van der Waals surface area contributed by atoms with Crippen LogP contribution in [0.2, 0.25) is 0 Å². The highest BCUT2D eigenvalue weighted by molar-refractivity contribution is 6.09. The average Bonchev–Trinajstić information content (AvgIpc) is 3.11. The van der Waals surface area contributed by atoms with E-state index in [-0.39, 0.29) is 11.8 Å². The van der Waals surface area contributed by atoms with Crippen molar-refractivity contribution in [2.45, 2.75) is 52.2 Å². The van der Waals surface area contributed by atoms with Gasteiger partial charge >= 0.3 is 0 Å². The zero-order valence-corrected chi connectivity index (χ0v) is 12.3. The van der Waals surface area contributed by atoms with E-state index in [1.807, 2.05) is 26.8 Å². The van der Waals surface area contributed by atoms with Gasteiger partial charge in [0, 0.05) is 15.9 Å². The van der Waals surface area contributed by atoms with Crippen LogP contribution >= 0.6 is 0 Å². The van der Waals surface area contributed by atoms with Gasteiger partial charge < -0.3 is 5.11 Å². The third-order valence-corrected chi connectivity index (χ3v) is 5.44. The maximum Gasteiger partial charge on any atom is 0.194 e. The summed E-state index contributed by atoms with van der Waals surface area (Å²) >= 11 is 0. The Hall–Kier alpha value is -1.58. The molecule has 3 aliphatic rings. The van der Waals surface area contributed by atoms with E-state index in [1.165, 1.54) is 0 Å². The van der Waals surface area contributed by atoms with Crippen molar-refractivity contribution >= 4 is 5.78 Å². The van der Waals surface area contributed by atoms with E-state index in [4.69, 9.17) is 5.53 Å². The van der Waals surface area contributed by atoms with E-state index in [2.05, 4.69) is 10.0 Å². The van der Waals surface area contributed by atoms with Gasteiger partial charge in [-0.05, 0) is 43.2 Å². The molecule has 106 valence electrons. The lowest BCUT2D eigenvalue weighted by Gasteiger charge is -2.40. The molecule has 20 heavy (non-hydrogen) atoms. The summed E-state index contributed by atoms with van der Waals surface area (Å²) in [5.41, 5.74) is 9.07. The summed E-state index contributed by atoms with van der Waals surface area (Å²) in [6, 6.07) is -0.361. The number of carbonyl (C=O) groups excluding carboxylic acids is 1. The summed E-state index contributed by atoms with van der Waals surface area (Å²) in [4.78, 5) is 15.6. The van der Waals surface area contributed by atoms with E-state index in [9.17, 15) is 9.90 Å². The van der Waals surface area contributed by atoms with Gasteiger partial charge in [-0.15, -0.1) is 0 Å². The first-order valence-corrected chi connectivity index (χ1v) is 6.95. The molecule has 0 aromatic rings. The summed E-state index contributed by atoms with van der Waals surface area (Å²) in [5, 5.41) is 14.6. The second kappa shape index (κ2) is 3.54. The minimum absolute atomic E-state index is 0.223. The first kappa shape index (κ1) is 13.4. The largest absolute Gasteiger partial charge is 0.381 e. The van der Waals surface area contributed by atoms with Crippen LogP contribution in [0.25, 0.3) is 10.4 Å². The van der Waals surface area contributed by atoms with Crippen LogP contribution in [0, 0.1) is 10.8 Å². The fourth-order valence-electron chi connectivity index (χ4n) is 3.99. The maximum atomic E-state index is 12.7. The van der Waals surface area contributed by atoms with Crippen LogP contribution < -0.4 is 0 Å². The molecule has 0 radical (unpaired) electrons. The number of ketones is 1. The molecule has 1 spiro atoms. The van der Waals surface area contributed by atoms with Gasteiger partial charge in [0.05, 0.1) is 6.04 Å². The highest BCUT2D eigenvalue weighted by atomic mass is 16.3. The molecule has 5 heteroatoms. The number of nitrogens with zero attached hydrogens (tertiary/aromatic N) is 3. The average molecular weight is 273 g/mol. The molecule has 5 nitrogen and oxygen atoms in total. The Bertz CT molecular complexity index is 630. The molecule has 0 saturated heterocycles. The predicted molar refractivity (Wildman–Crippen MR) is 74.8 cm³/mol. The standard InChI is InChI=1S/C15H19N3O2/c1-8-10-9(7-13(2,3)11(10)17-18-16)12(19)14(4,20)15(8)5-6-15/h7,11,20H,5-6H2,1-4H3/t11?,14-/m0/s1. The minimum atomic E-state index is -1.34. The van der Waals surface area contributed by atoms with Crippen LogP contribution in [0.1, 0.15) is 40.5 Å². The van der Waals surface area contributed by atoms with Crippen molar-refractivity contribution < 1.29 is 9.90 Å². The van der Waals surface area contributed by atoms with Gasteiger partial charge in [0.2, 0.25) is 0 Å². The Morgan fingerprint density at radius 1 is 1.40 bits per heavy atom. The van der Waals surface area contributed by atoms with Gasteiger partial charge in [0.25, 0.3) is 0 Å². The topological polar surface area (TPSA) is 86.1 Å². The molecule has 2 atom stereocenters. The highest BCUT2D eigenvalue weighted by Crippen LogP contribution is 2.65. The molecule has 3 rings (SSSR count). The number of aliphatic hydroxyl groups is 1. The zero-order chi connectivity index (χ0) is 14.9. The highest BCUT2D eigenvalue weighted by Gasteiger charge is 2.66. The molecule has 1 fully saturated rings. The first-order valence-electron chi connectivity index (χ1n) is 6.95. The Kier molecular flexibility index (Phi) is 2.37. The van der Waals surface area contributed by atoms with Crippen LogP contribution in [0.4, 0.5) is 0 Å². The summed E-state index contributed by atoms with van der Waals surface area (Å²) in [7, 11) is 0. The first-order chi connectivity index (χ1) is 9.19. The Balaban J connectivity index is 2.29. The molecule has 0 bridgehead atoms. The van der Waals surface area contributed by atoms with E-state index >= 15 is 0 Å². The SMILES string of the molecule is CC1=C2C(=CC(C)(C)C2N=[N+]=[N-])C(=O)[C@](C)(O)C12CC2. The summed E-state index contributed by atoms with van der Waals surface area (Å²) in [5.74, 6) is -0.223. The second-order valence-electron chi connectivity index (χ2n) is 7.01. The van der Waals surface area contributed by atoms with Gasteiger partial charge in [-0.3, -0.25) is 4.79 Å². The molecule has 0 aromatic heterocycles. The number of Topliss-reactive ketones (excluding diaryl/α,β-unsaturated/α-hetero) is 1. The van der Waals surface area contributed by atoms with Crippen molar-refractivity contribution in [3.05, 3.63) is 33.2 Å². The van der Waals surface area contributed by atoms with E-state index in [1.54, 1.807) is 6.92 Å². The number of rotatable bonds is 1. The summed E-state index contributed by atoms with van der Waals surface area (Å²) in [6.07, 6.45) is 3.49. The number of hydrogen-bond donors (Lipinski definition) is 1. The van der Waals surface area contributed by atoms with Crippen LogP contribution in [0.3, 0.4) is 0 Å².